The summed E-state index contributed by atoms with van der Waals surface area (Å²) >= 11 is 0. The normalized spacial score (nSPS) is 10.9. The average Bonchev–Trinajstić information content (AvgIpc) is 2.83. The zero-order valence-electron chi connectivity index (χ0n) is 11.9. The van der Waals surface area contributed by atoms with E-state index in [-0.39, 0.29) is 0 Å². The maximum Gasteiger partial charge on any atom is 0.106 e. The maximum atomic E-state index is 5.49. The monoisotopic (exact) mass is 257 g/mol. The lowest BCUT2D eigenvalue weighted by atomic mass is 10.0. The minimum Gasteiger partial charge on any atom is -0.342 e. The number of rotatable bonds is 6. The van der Waals surface area contributed by atoms with Gasteiger partial charge in [-0.2, -0.15) is 0 Å². The van der Waals surface area contributed by atoms with Gasteiger partial charge < -0.3 is 10.7 Å². The molecule has 0 saturated heterocycles. The number of nitrogens with two attached hydrogens (primary N) is 1. The molecule has 0 atom stereocenters. The largest absolute Gasteiger partial charge is 0.342 e. The predicted molar refractivity (Wildman–Crippen MR) is 80.1 cm³/mol. The van der Waals surface area contributed by atoms with Gasteiger partial charge in [-0.15, -0.1) is 0 Å². The van der Waals surface area contributed by atoms with Gasteiger partial charge in [0.05, 0.1) is 11.9 Å². The van der Waals surface area contributed by atoms with Crippen LogP contribution < -0.4 is 5.73 Å². The van der Waals surface area contributed by atoms with Gasteiger partial charge in [0.25, 0.3) is 0 Å². The van der Waals surface area contributed by atoms with E-state index in [0.29, 0.717) is 0 Å². The molecule has 1 heterocycles. The molecule has 0 spiro atoms. The van der Waals surface area contributed by atoms with E-state index >= 15 is 0 Å². The first kappa shape index (κ1) is 13.8. The maximum absolute atomic E-state index is 5.49. The quantitative estimate of drug-likeness (QED) is 0.780. The Labute approximate surface area is 115 Å². The third-order valence-electron chi connectivity index (χ3n) is 3.42. The van der Waals surface area contributed by atoms with Crippen molar-refractivity contribution in [1.82, 2.24) is 9.97 Å². The summed E-state index contributed by atoms with van der Waals surface area (Å²) < 4.78 is 0. The average molecular weight is 257 g/mol. The number of aryl methyl sites for hydroxylation is 3. The van der Waals surface area contributed by atoms with Crippen LogP contribution in [0.25, 0.3) is 11.3 Å². The number of hydrogen-bond acceptors (Lipinski definition) is 2. The van der Waals surface area contributed by atoms with Crippen LogP contribution in [0.5, 0.6) is 0 Å². The van der Waals surface area contributed by atoms with E-state index in [9.17, 15) is 0 Å². The van der Waals surface area contributed by atoms with E-state index in [1.165, 1.54) is 23.1 Å². The van der Waals surface area contributed by atoms with E-state index in [1.807, 2.05) is 6.20 Å². The van der Waals surface area contributed by atoms with Crippen molar-refractivity contribution in [3.63, 3.8) is 0 Å². The molecule has 1 aromatic carbocycles. The molecule has 102 valence electrons. The summed E-state index contributed by atoms with van der Waals surface area (Å²) in [5.41, 5.74) is 10.4. The first-order valence-corrected chi connectivity index (χ1v) is 7.02. The molecule has 0 fully saturated rings. The van der Waals surface area contributed by atoms with Crippen molar-refractivity contribution in [2.75, 3.05) is 6.54 Å². The number of nitrogens with one attached hydrogen (secondary N) is 1. The zero-order chi connectivity index (χ0) is 13.7. The summed E-state index contributed by atoms with van der Waals surface area (Å²) in [4.78, 5) is 7.89. The fourth-order valence-corrected chi connectivity index (χ4v) is 2.36. The van der Waals surface area contributed by atoms with Crippen LogP contribution in [0.3, 0.4) is 0 Å². The molecule has 19 heavy (non-hydrogen) atoms. The Bertz CT molecular complexity index is 529. The second-order valence-corrected chi connectivity index (χ2v) is 5.16. The van der Waals surface area contributed by atoms with Crippen LogP contribution in [-0.4, -0.2) is 16.5 Å². The van der Waals surface area contributed by atoms with Gasteiger partial charge in [0.15, 0.2) is 0 Å². The molecule has 0 aliphatic rings. The minimum atomic E-state index is 0.784. The van der Waals surface area contributed by atoms with Crippen LogP contribution in [0.1, 0.15) is 36.2 Å². The van der Waals surface area contributed by atoms with E-state index < -0.39 is 0 Å². The lowest BCUT2D eigenvalue weighted by Crippen LogP contribution is -1.98. The van der Waals surface area contributed by atoms with E-state index in [1.54, 1.807) is 0 Å². The van der Waals surface area contributed by atoms with Gasteiger partial charge in [0.2, 0.25) is 0 Å². The highest BCUT2D eigenvalue weighted by Crippen LogP contribution is 2.22. The number of unbranched alkanes of at least 4 members (excludes halogenated alkanes) is 2. The van der Waals surface area contributed by atoms with Gasteiger partial charge >= 0.3 is 0 Å². The van der Waals surface area contributed by atoms with Crippen molar-refractivity contribution in [3.8, 4) is 11.3 Å². The van der Waals surface area contributed by atoms with E-state index in [0.717, 1.165) is 37.3 Å². The molecule has 0 saturated carbocycles. The molecule has 0 radical (unpaired) electrons. The Morgan fingerprint density at radius 3 is 2.74 bits per heavy atom. The van der Waals surface area contributed by atoms with Crippen LogP contribution in [0, 0.1) is 13.8 Å². The molecule has 0 unspecified atom stereocenters. The van der Waals surface area contributed by atoms with Gasteiger partial charge in [-0.3, -0.25) is 0 Å². The minimum absolute atomic E-state index is 0.784. The third kappa shape index (κ3) is 3.67. The topological polar surface area (TPSA) is 54.7 Å². The summed E-state index contributed by atoms with van der Waals surface area (Å²) in [5, 5.41) is 0. The van der Waals surface area contributed by atoms with Crippen LogP contribution in [0.15, 0.2) is 24.4 Å². The molecule has 2 aromatic rings. The molecule has 0 bridgehead atoms. The standard InChI is InChI=1S/C16H23N3/c1-12-7-8-14(13(2)10-12)15-11-18-16(19-15)6-4-3-5-9-17/h7-8,10-11H,3-6,9,17H2,1-2H3,(H,18,19). The van der Waals surface area contributed by atoms with E-state index in [4.69, 9.17) is 5.73 Å². The van der Waals surface area contributed by atoms with Crippen molar-refractivity contribution < 1.29 is 0 Å². The Balaban J connectivity index is 2.04. The highest BCUT2D eigenvalue weighted by atomic mass is 14.9. The number of imidazole rings is 1. The second-order valence-electron chi connectivity index (χ2n) is 5.16. The van der Waals surface area contributed by atoms with Gasteiger partial charge in [-0.05, 0) is 38.8 Å². The summed E-state index contributed by atoms with van der Waals surface area (Å²) in [6, 6.07) is 6.51. The molecular formula is C16H23N3. The van der Waals surface area contributed by atoms with Crippen molar-refractivity contribution in [1.29, 1.82) is 0 Å². The number of H-pyrrole nitrogens is 1. The molecule has 3 nitrogen and oxygen atoms in total. The zero-order valence-corrected chi connectivity index (χ0v) is 11.9. The van der Waals surface area contributed by atoms with Gasteiger partial charge in [0, 0.05) is 12.0 Å². The van der Waals surface area contributed by atoms with Crippen LogP contribution in [-0.2, 0) is 6.42 Å². The smallest absolute Gasteiger partial charge is 0.106 e. The predicted octanol–water partition coefficient (Wildman–Crippen LogP) is 3.37. The Morgan fingerprint density at radius 2 is 2.00 bits per heavy atom. The number of aromatic nitrogens is 2. The summed E-state index contributed by atoms with van der Waals surface area (Å²) in [6.07, 6.45) is 6.37. The molecule has 3 N–H and O–H groups in total. The number of nitrogens with zero attached hydrogens (tertiary/aromatic N) is 1. The molecule has 0 amide bonds. The molecular weight excluding hydrogens is 234 g/mol. The Hall–Kier alpha value is -1.61. The van der Waals surface area contributed by atoms with Crippen LogP contribution in [0.2, 0.25) is 0 Å². The first-order chi connectivity index (χ1) is 9.20. The van der Waals surface area contributed by atoms with Gasteiger partial charge in [0.1, 0.15) is 5.82 Å². The molecule has 0 aliphatic carbocycles. The Kier molecular flexibility index (Phi) is 4.74. The SMILES string of the molecule is Cc1ccc(-c2cnc(CCCCCN)[nH]2)c(C)c1. The second kappa shape index (κ2) is 6.53. The summed E-state index contributed by atoms with van der Waals surface area (Å²) in [5.74, 6) is 1.08. The van der Waals surface area contributed by atoms with Crippen molar-refractivity contribution in [3.05, 3.63) is 41.3 Å². The number of hydrogen-bond donors (Lipinski definition) is 2. The molecule has 1 aromatic heterocycles. The number of aromatic amines is 1. The number of benzene rings is 1. The lowest BCUT2D eigenvalue weighted by molar-refractivity contribution is 0.673. The summed E-state index contributed by atoms with van der Waals surface area (Å²) in [7, 11) is 0. The van der Waals surface area contributed by atoms with E-state index in [2.05, 4.69) is 42.0 Å². The van der Waals surface area contributed by atoms with Gasteiger partial charge in [-0.1, -0.05) is 30.2 Å². The first-order valence-electron chi connectivity index (χ1n) is 7.02. The van der Waals surface area contributed by atoms with Crippen LogP contribution in [0.4, 0.5) is 0 Å². The Morgan fingerprint density at radius 1 is 1.16 bits per heavy atom. The highest BCUT2D eigenvalue weighted by Gasteiger charge is 2.06. The van der Waals surface area contributed by atoms with Gasteiger partial charge in [-0.25, -0.2) is 4.98 Å². The van der Waals surface area contributed by atoms with Crippen molar-refractivity contribution in [2.45, 2.75) is 39.5 Å². The lowest BCUT2D eigenvalue weighted by Gasteiger charge is -2.04. The summed E-state index contributed by atoms with van der Waals surface area (Å²) in [6.45, 7) is 5.04. The molecule has 3 heteroatoms. The third-order valence-corrected chi connectivity index (χ3v) is 3.42. The molecule has 0 aliphatic heterocycles. The van der Waals surface area contributed by atoms with Crippen molar-refractivity contribution in [2.24, 2.45) is 5.73 Å². The van der Waals surface area contributed by atoms with Crippen LogP contribution >= 0.6 is 0 Å². The van der Waals surface area contributed by atoms with Crippen molar-refractivity contribution >= 4 is 0 Å². The fraction of sp³-hybridized carbons (Fsp3) is 0.438. The fourth-order valence-electron chi connectivity index (χ4n) is 2.36. The molecule has 2 rings (SSSR count). The highest BCUT2D eigenvalue weighted by molar-refractivity contribution is 5.63.